The average molecular weight is 389 g/mol. The van der Waals surface area contributed by atoms with Crippen molar-refractivity contribution in [3.63, 3.8) is 0 Å². The molecule has 2 rings (SSSR count). The first-order valence-electron chi connectivity index (χ1n) is 5.71. The van der Waals surface area contributed by atoms with Gasteiger partial charge in [0.05, 0.1) is 5.38 Å². The average Bonchev–Trinajstić information content (AvgIpc) is 2.35. The van der Waals surface area contributed by atoms with E-state index in [0.29, 0.717) is 0 Å². The third-order valence-corrected chi connectivity index (χ3v) is 4.44. The maximum Gasteiger partial charge on any atom is 0.0636 e. The van der Waals surface area contributed by atoms with Crippen LogP contribution >= 0.6 is 43.5 Å². The number of halogens is 3. The molecule has 1 unspecified atom stereocenters. The Morgan fingerprint density at radius 1 is 1.06 bits per heavy atom. The van der Waals surface area contributed by atoms with Crippen LogP contribution in [0.3, 0.4) is 0 Å². The molecule has 0 bridgehead atoms. The summed E-state index contributed by atoms with van der Waals surface area (Å²) >= 11 is 13.5. The summed E-state index contributed by atoms with van der Waals surface area (Å²) in [6.07, 6.45) is 0.830. The quantitative estimate of drug-likeness (QED) is 0.562. The van der Waals surface area contributed by atoms with Gasteiger partial charge in [0.1, 0.15) is 0 Å². The Balaban J connectivity index is 2.18. The molecule has 2 aromatic carbocycles. The molecule has 94 valence electrons. The van der Waals surface area contributed by atoms with Gasteiger partial charge in [0.25, 0.3) is 0 Å². The standard InChI is InChI=1S/C15H13Br2Cl/c1-10-2-4-11(5-3-10)8-15(18)13-9-12(16)6-7-14(13)17/h2-7,9,15H,8H2,1H3. The second-order valence-corrected chi connectivity index (χ2v) is 6.62. The Morgan fingerprint density at radius 3 is 2.39 bits per heavy atom. The topological polar surface area (TPSA) is 0 Å². The van der Waals surface area contributed by atoms with Crippen LogP contribution in [0.15, 0.2) is 51.4 Å². The van der Waals surface area contributed by atoms with E-state index in [1.54, 1.807) is 0 Å². The molecule has 0 radical (unpaired) electrons. The summed E-state index contributed by atoms with van der Waals surface area (Å²) in [7, 11) is 0. The van der Waals surface area contributed by atoms with Gasteiger partial charge in [-0.1, -0.05) is 61.7 Å². The molecule has 0 saturated carbocycles. The molecule has 0 aromatic heterocycles. The molecule has 0 spiro atoms. The van der Waals surface area contributed by atoms with Crippen molar-refractivity contribution < 1.29 is 0 Å². The maximum absolute atomic E-state index is 6.51. The van der Waals surface area contributed by atoms with E-state index in [4.69, 9.17) is 11.6 Å². The van der Waals surface area contributed by atoms with E-state index in [1.807, 2.05) is 12.1 Å². The van der Waals surface area contributed by atoms with E-state index in [0.717, 1.165) is 20.9 Å². The Morgan fingerprint density at radius 2 is 1.72 bits per heavy atom. The highest BCUT2D eigenvalue weighted by atomic mass is 79.9. The van der Waals surface area contributed by atoms with Crippen LogP contribution in [0.2, 0.25) is 0 Å². The second-order valence-electron chi connectivity index (χ2n) is 4.32. The lowest BCUT2D eigenvalue weighted by molar-refractivity contribution is 0.913. The summed E-state index contributed by atoms with van der Waals surface area (Å²) in [5, 5.41) is -0.0282. The highest BCUT2D eigenvalue weighted by Crippen LogP contribution is 2.33. The van der Waals surface area contributed by atoms with Gasteiger partial charge in [-0.05, 0) is 42.7 Å². The molecule has 0 saturated heterocycles. The van der Waals surface area contributed by atoms with Crippen LogP contribution in [-0.4, -0.2) is 0 Å². The van der Waals surface area contributed by atoms with E-state index < -0.39 is 0 Å². The molecular weight excluding hydrogens is 375 g/mol. The molecule has 2 aromatic rings. The van der Waals surface area contributed by atoms with Gasteiger partial charge in [0.2, 0.25) is 0 Å². The van der Waals surface area contributed by atoms with Gasteiger partial charge in [-0.15, -0.1) is 11.6 Å². The number of hydrogen-bond acceptors (Lipinski definition) is 0. The Hall–Kier alpha value is -0.310. The van der Waals surface area contributed by atoms with Gasteiger partial charge >= 0.3 is 0 Å². The first-order valence-corrected chi connectivity index (χ1v) is 7.73. The highest BCUT2D eigenvalue weighted by molar-refractivity contribution is 9.11. The zero-order valence-electron chi connectivity index (χ0n) is 9.96. The van der Waals surface area contributed by atoms with Gasteiger partial charge in [-0.25, -0.2) is 0 Å². The molecule has 3 heteroatoms. The predicted octanol–water partition coefficient (Wildman–Crippen LogP) is 6.04. The number of alkyl halides is 1. The van der Waals surface area contributed by atoms with E-state index >= 15 is 0 Å². The van der Waals surface area contributed by atoms with Crippen LogP contribution < -0.4 is 0 Å². The minimum absolute atomic E-state index is 0.0282. The van der Waals surface area contributed by atoms with Crippen LogP contribution in [0.4, 0.5) is 0 Å². The molecule has 0 aliphatic rings. The van der Waals surface area contributed by atoms with Gasteiger partial charge in [-0.2, -0.15) is 0 Å². The first-order chi connectivity index (χ1) is 8.56. The molecule has 1 atom stereocenters. The summed E-state index contributed by atoms with van der Waals surface area (Å²) in [6, 6.07) is 14.6. The van der Waals surface area contributed by atoms with Crippen LogP contribution in [0, 0.1) is 6.92 Å². The van der Waals surface area contributed by atoms with Crippen LogP contribution in [-0.2, 0) is 6.42 Å². The summed E-state index contributed by atoms with van der Waals surface area (Å²) < 4.78 is 2.10. The fourth-order valence-corrected chi connectivity index (χ4v) is 3.19. The SMILES string of the molecule is Cc1ccc(CC(Cl)c2cc(Br)ccc2Br)cc1. The number of benzene rings is 2. The Bertz CT molecular complexity index is 535. The van der Waals surface area contributed by atoms with Crippen LogP contribution in [0.5, 0.6) is 0 Å². The number of hydrogen-bond donors (Lipinski definition) is 0. The molecule has 0 aliphatic carbocycles. The highest BCUT2D eigenvalue weighted by Gasteiger charge is 2.12. The monoisotopic (exact) mass is 386 g/mol. The zero-order valence-corrected chi connectivity index (χ0v) is 13.9. The maximum atomic E-state index is 6.51. The molecule has 18 heavy (non-hydrogen) atoms. The lowest BCUT2D eigenvalue weighted by Crippen LogP contribution is -1.97. The number of rotatable bonds is 3. The summed E-state index contributed by atoms with van der Waals surface area (Å²) in [5.74, 6) is 0. The van der Waals surface area contributed by atoms with E-state index in [1.165, 1.54) is 11.1 Å². The van der Waals surface area contributed by atoms with Crippen molar-refractivity contribution in [2.45, 2.75) is 18.7 Å². The van der Waals surface area contributed by atoms with Gasteiger partial charge < -0.3 is 0 Å². The van der Waals surface area contributed by atoms with Crippen molar-refractivity contribution in [3.8, 4) is 0 Å². The third kappa shape index (κ3) is 3.59. The molecule has 0 N–H and O–H groups in total. The van der Waals surface area contributed by atoms with Crippen LogP contribution in [0.25, 0.3) is 0 Å². The van der Waals surface area contributed by atoms with Gasteiger partial charge in [-0.3, -0.25) is 0 Å². The molecule has 0 fully saturated rings. The lowest BCUT2D eigenvalue weighted by Gasteiger charge is -2.12. The zero-order chi connectivity index (χ0) is 13.1. The van der Waals surface area contributed by atoms with Crippen molar-refractivity contribution >= 4 is 43.5 Å². The van der Waals surface area contributed by atoms with Crippen LogP contribution in [0.1, 0.15) is 22.1 Å². The van der Waals surface area contributed by atoms with E-state index in [2.05, 4.69) is 69.1 Å². The van der Waals surface area contributed by atoms with Gasteiger partial charge in [0.15, 0.2) is 0 Å². The minimum Gasteiger partial charge on any atom is -0.117 e. The minimum atomic E-state index is -0.0282. The molecule has 0 amide bonds. The van der Waals surface area contributed by atoms with Crippen molar-refractivity contribution in [2.24, 2.45) is 0 Å². The van der Waals surface area contributed by atoms with Crippen molar-refractivity contribution in [1.82, 2.24) is 0 Å². The molecule has 0 heterocycles. The predicted molar refractivity (Wildman–Crippen MR) is 85.3 cm³/mol. The Kier molecular flexibility index (Phi) is 4.88. The summed E-state index contributed by atoms with van der Waals surface area (Å²) in [4.78, 5) is 0. The molecular formula is C15H13Br2Cl. The van der Waals surface area contributed by atoms with E-state index in [-0.39, 0.29) is 5.38 Å². The normalized spacial score (nSPS) is 12.4. The van der Waals surface area contributed by atoms with Crippen molar-refractivity contribution in [1.29, 1.82) is 0 Å². The van der Waals surface area contributed by atoms with Crippen molar-refractivity contribution in [3.05, 3.63) is 68.1 Å². The third-order valence-electron chi connectivity index (χ3n) is 2.83. The van der Waals surface area contributed by atoms with Gasteiger partial charge in [0, 0.05) is 8.95 Å². The second kappa shape index (κ2) is 6.23. The number of aryl methyl sites for hydroxylation is 1. The summed E-state index contributed by atoms with van der Waals surface area (Å²) in [6.45, 7) is 2.09. The molecule has 0 nitrogen and oxygen atoms in total. The molecule has 0 aliphatic heterocycles. The fourth-order valence-electron chi connectivity index (χ4n) is 1.80. The summed E-state index contributed by atoms with van der Waals surface area (Å²) in [5.41, 5.74) is 3.65. The van der Waals surface area contributed by atoms with Crippen molar-refractivity contribution in [2.75, 3.05) is 0 Å². The largest absolute Gasteiger partial charge is 0.117 e. The van der Waals surface area contributed by atoms with E-state index in [9.17, 15) is 0 Å². The smallest absolute Gasteiger partial charge is 0.0636 e. The Labute approximate surface area is 130 Å². The fraction of sp³-hybridized carbons (Fsp3) is 0.200. The lowest BCUT2D eigenvalue weighted by atomic mass is 10.0. The first kappa shape index (κ1) is 14.1.